The molecule has 20 heavy (non-hydrogen) atoms. The van der Waals surface area contributed by atoms with Gasteiger partial charge in [-0.3, -0.25) is 0 Å². The Morgan fingerprint density at radius 1 is 1.35 bits per heavy atom. The lowest BCUT2D eigenvalue weighted by Gasteiger charge is -2.10. The Hall–Kier alpha value is -0.760. The molecule has 1 aromatic rings. The normalized spacial score (nSPS) is 12.1. The molecule has 0 bridgehead atoms. The number of hydrogen-bond acceptors (Lipinski definition) is 3. The van der Waals surface area contributed by atoms with Crippen molar-refractivity contribution in [2.24, 2.45) is 0 Å². The van der Waals surface area contributed by atoms with E-state index in [0.717, 1.165) is 18.5 Å². The minimum absolute atomic E-state index is 0.00556. The maximum atomic E-state index is 12.1. The summed E-state index contributed by atoms with van der Waals surface area (Å²) >= 11 is 5.83. The first-order chi connectivity index (χ1) is 9.36. The van der Waals surface area contributed by atoms with Gasteiger partial charge in [-0.25, -0.2) is 21.9 Å². The number of halogens is 3. The van der Waals surface area contributed by atoms with Gasteiger partial charge in [0.25, 0.3) is 6.43 Å². The molecule has 8 heteroatoms. The molecule has 114 valence electrons. The van der Waals surface area contributed by atoms with Crippen molar-refractivity contribution >= 4 is 21.6 Å². The van der Waals surface area contributed by atoms with Crippen LogP contribution in [0.5, 0.6) is 0 Å². The molecule has 0 atom stereocenters. The van der Waals surface area contributed by atoms with E-state index in [-0.39, 0.29) is 9.92 Å². The quantitative estimate of drug-likeness (QED) is 0.721. The van der Waals surface area contributed by atoms with Gasteiger partial charge in [0.15, 0.2) is 0 Å². The van der Waals surface area contributed by atoms with Crippen LogP contribution in [0.15, 0.2) is 23.1 Å². The third kappa shape index (κ3) is 5.32. The average Bonchev–Trinajstić information content (AvgIpc) is 2.38. The second-order valence-electron chi connectivity index (χ2n) is 4.18. The highest BCUT2D eigenvalue weighted by atomic mass is 35.5. The fourth-order valence-corrected chi connectivity index (χ4v) is 3.08. The van der Waals surface area contributed by atoms with Gasteiger partial charge in [0.1, 0.15) is 4.90 Å². The van der Waals surface area contributed by atoms with Crippen molar-refractivity contribution in [3.05, 3.63) is 28.8 Å². The van der Waals surface area contributed by atoms with E-state index in [0.29, 0.717) is 6.54 Å². The molecule has 0 aliphatic rings. The molecule has 2 N–H and O–H groups in total. The molecule has 0 spiro atoms. The summed E-state index contributed by atoms with van der Waals surface area (Å²) in [6.07, 6.45) is -1.80. The minimum Gasteiger partial charge on any atom is -0.313 e. The lowest BCUT2D eigenvalue weighted by atomic mass is 10.2. The van der Waals surface area contributed by atoms with Crippen molar-refractivity contribution in [2.75, 3.05) is 13.1 Å². The number of alkyl halides is 2. The summed E-state index contributed by atoms with van der Waals surface area (Å²) in [6.45, 7) is 2.37. The van der Waals surface area contributed by atoms with Crippen molar-refractivity contribution in [3.8, 4) is 0 Å². The molecule has 0 aliphatic carbocycles. The van der Waals surface area contributed by atoms with Crippen molar-refractivity contribution in [1.29, 1.82) is 0 Å². The monoisotopic (exact) mass is 326 g/mol. The minimum atomic E-state index is -4.03. The summed E-state index contributed by atoms with van der Waals surface area (Å²) < 4.78 is 49.8. The summed E-state index contributed by atoms with van der Waals surface area (Å²) in [4.78, 5) is -0.185. The van der Waals surface area contributed by atoms with Crippen LogP contribution in [0.25, 0.3) is 0 Å². The van der Waals surface area contributed by atoms with Gasteiger partial charge < -0.3 is 5.32 Å². The smallest absolute Gasteiger partial charge is 0.251 e. The number of benzene rings is 1. The van der Waals surface area contributed by atoms with Gasteiger partial charge in [-0.05, 0) is 30.7 Å². The van der Waals surface area contributed by atoms with Crippen LogP contribution in [0.1, 0.15) is 18.9 Å². The van der Waals surface area contributed by atoms with E-state index in [1.807, 2.05) is 11.6 Å². The van der Waals surface area contributed by atoms with Crippen LogP contribution in [-0.2, 0) is 16.6 Å². The molecule has 0 radical (unpaired) electrons. The van der Waals surface area contributed by atoms with Crippen molar-refractivity contribution in [2.45, 2.75) is 31.2 Å². The molecule has 4 nitrogen and oxygen atoms in total. The summed E-state index contributed by atoms with van der Waals surface area (Å²) in [6, 6.07) is 4.53. The summed E-state index contributed by atoms with van der Waals surface area (Å²) in [5, 5.41) is 3.13. The Labute approximate surface area is 122 Å². The molecule has 0 amide bonds. The molecular weight excluding hydrogens is 310 g/mol. The lowest BCUT2D eigenvalue weighted by Crippen LogP contribution is -2.29. The van der Waals surface area contributed by atoms with Crippen LogP contribution in [0.3, 0.4) is 0 Å². The second-order valence-corrected chi connectivity index (χ2v) is 6.33. The second kappa shape index (κ2) is 7.87. The van der Waals surface area contributed by atoms with Crippen LogP contribution >= 0.6 is 11.6 Å². The Kier molecular flexibility index (Phi) is 6.81. The molecule has 0 fully saturated rings. The zero-order valence-corrected chi connectivity index (χ0v) is 12.6. The topological polar surface area (TPSA) is 58.2 Å². The van der Waals surface area contributed by atoms with Crippen LogP contribution < -0.4 is 10.0 Å². The largest absolute Gasteiger partial charge is 0.313 e. The third-order valence-electron chi connectivity index (χ3n) is 2.47. The third-order valence-corrected chi connectivity index (χ3v) is 4.37. The van der Waals surface area contributed by atoms with Gasteiger partial charge in [-0.15, -0.1) is 0 Å². The van der Waals surface area contributed by atoms with E-state index in [2.05, 4.69) is 5.32 Å². The van der Waals surface area contributed by atoms with Crippen molar-refractivity contribution in [1.82, 2.24) is 10.0 Å². The van der Waals surface area contributed by atoms with Crippen LogP contribution in [0.2, 0.25) is 5.02 Å². The molecule has 1 rings (SSSR count). The average molecular weight is 327 g/mol. The predicted molar refractivity (Wildman–Crippen MR) is 74.6 cm³/mol. The molecule has 0 aliphatic heterocycles. The summed E-state index contributed by atoms with van der Waals surface area (Å²) in [7, 11) is -4.03. The zero-order valence-electron chi connectivity index (χ0n) is 11.0. The van der Waals surface area contributed by atoms with Gasteiger partial charge in [-0.1, -0.05) is 24.6 Å². The number of nitrogens with one attached hydrogen (secondary N) is 2. The van der Waals surface area contributed by atoms with Crippen LogP contribution in [0, 0.1) is 0 Å². The molecule has 0 saturated carbocycles. The molecule has 0 aromatic heterocycles. The molecule has 0 heterocycles. The fourth-order valence-electron chi connectivity index (χ4n) is 1.52. The highest BCUT2D eigenvalue weighted by Gasteiger charge is 2.19. The van der Waals surface area contributed by atoms with Crippen molar-refractivity contribution in [3.63, 3.8) is 0 Å². The molecule has 0 saturated heterocycles. The van der Waals surface area contributed by atoms with Gasteiger partial charge in [0.05, 0.1) is 11.6 Å². The Morgan fingerprint density at radius 3 is 2.65 bits per heavy atom. The van der Waals surface area contributed by atoms with Gasteiger partial charge in [0.2, 0.25) is 10.0 Å². The molecule has 1 aromatic carbocycles. The Bertz CT molecular complexity index is 538. The first-order valence-corrected chi connectivity index (χ1v) is 8.00. The molecular formula is C12H17ClF2N2O2S. The van der Waals surface area contributed by atoms with E-state index >= 15 is 0 Å². The maximum Gasteiger partial charge on any atom is 0.251 e. The summed E-state index contributed by atoms with van der Waals surface area (Å²) in [5.41, 5.74) is 0.722. The van der Waals surface area contributed by atoms with Gasteiger partial charge >= 0.3 is 0 Å². The number of rotatable bonds is 8. The van der Waals surface area contributed by atoms with Crippen LogP contribution in [-0.4, -0.2) is 27.9 Å². The Balaban J connectivity index is 2.89. The number of sulfonamides is 1. The van der Waals surface area contributed by atoms with Crippen molar-refractivity contribution < 1.29 is 17.2 Å². The highest BCUT2D eigenvalue weighted by Crippen LogP contribution is 2.22. The van der Waals surface area contributed by atoms with E-state index in [1.165, 1.54) is 12.1 Å². The van der Waals surface area contributed by atoms with E-state index in [9.17, 15) is 17.2 Å². The van der Waals surface area contributed by atoms with E-state index < -0.39 is 23.0 Å². The Morgan fingerprint density at radius 2 is 2.05 bits per heavy atom. The zero-order chi connectivity index (χ0) is 15.2. The number of hydrogen-bond donors (Lipinski definition) is 2. The van der Waals surface area contributed by atoms with E-state index in [1.54, 1.807) is 6.07 Å². The summed E-state index contributed by atoms with van der Waals surface area (Å²) in [5.74, 6) is 0. The standard InChI is InChI=1S/C12H17ClF2N2O2S/c1-2-5-16-7-9-3-4-10(13)11(6-9)20(18,19)17-8-12(14)15/h3-4,6,12,16-17H,2,5,7-8H2,1H3. The maximum absolute atomic E-state index is 12.1. The van der Waals surface area contributed by atoms with Gasteiger partial charge in [0, 0.05) is 6.54 Å². The molecule has 0 unspecified atom stereocenters. The highest BCUT2D eigenvalue weighted by molar-refractivity contribution is 7.89. The SMILES string of the molecule is CCCNCc1ccc(Cl)c(S(=O)(=O)NCC(F)F)c1. The predicted octanol–water partition coefficient (Wildman–Crippen LogP) is 2.38. The van der Waals surface area contributed by atoms with Gasteiger partial charge in [-0.2, -0.15) is 0 Å². The lowest BCUT2D eigenvalue weighted by molar-refractivity contribution is 0.153. The fraction of sp³-hybridized carbons (Fsp3) is 0.500. The van der Waals surface area contributed by atoms with E-state index in [4.69, 9.17) is 11.6 Å². The first-order valence-electron chi connectivity index (χ1n) is 6.13. The first kappa shape index (κ1) is 17.3. The van der Waals surface area contributed by atoms with Crippen LogP contribution in [0.4, 0.5) is 8.78 Å².